The Morgan fingerprint density at radius 3 is 2.44 bits per heavy atom. The van der Waals surface area contributed by atoms with Gasteiger partial charge in [0.15, 0.2) is 11.5 Å². The van der Waals surface area contributed by atoms with Crippen LogP contribution in [0.1, 0.15) is 15.9 Å². The molecule has 1 aliphatic heterocycles. The smallest absolute Gasteiger partial charge is 0.261 e. The highest BCUT2D eigenvalue weighted by Crippen LogP contribution is 2.38. The molecule has 1 heterocycles. The number of para-hydroxylation sites is 1. The maximum atomic E-state index is 12.5. The molecule has 0 unspecified atom stereocenters. The summed E-state index contributed by atoms with van der Waals surface area (Å²) in [7, 11) is -3.74. The van der Waals surface area contributed by atoms with Gasteiger partial charge in [0.1, 0.15) is 13.2 Å². The number of rotatable bonds is 7. The van der Waals surface area contributed by atoms with E-state index in [9.17, 15) is 13.2 Å². The van der Waals surface area contributed by atoms with Gasteiger partial charge in [0.25, 0.3) is 15.9 Å². The predicted molar refractivity (Wildman–Crippen MR) is 122 cm³/mol. The lowest BCUT2D eigenvalue weighted by molar-refractivity contribution is 0.0954. The van der Waals surface area contributed by atoms with Crippen LogP contribution in [0, 0.1) is 0 Å². The molecule has 2 N–H and O–H groups in total. The van der Waals surface area contributed by atoms with Crippen LogP contribution in [0.3, 0.4) is 0 Å². The molecule has 0 saturated carbocycles. The fourth-order valence-corrected chi connectivity index (χ4v) is 4.58. The third kappa shape index (κ3) is 5.15. The van der Waals surface area contributed by atoms with Crippen molar-refractivity contribution in [1.29, 1.82) is 0 Å². The van der Waals surface area contributed by atoms with E-state index < -0.39 is 10.0 Å². The van der Waals surface area contributed by atoms with E-state index in [-0.39, 0.29) is 10.8 Å². The Hall–Kier alpha value is -3.23. The van der Waals surface area contributed by atoms with Crippen molar-refractivity contribution < 1.29 is 22.7 Å². The minimum absolute atomic E-state index is 0.0730. The summed E-state index contributed by atoms with van der Waals surface area (Å²) in [6, 6.07) is 18.0. The Balaban J connectivity index is 1.35. The number of carbonyl (C=O) groups excluding carboxylic acids is 1. The van der Waals surface area contributed by atoms with Crippen molar-refractivity contribution in [3.05, 3.63) is 82.9 Å². The van der Waals surface area contributed by atoms with E-state index in [1.807, 2.05) is 6.07 Å². The fraction of sp³-hybridized carbons (Fsp3) is 0.174. The molecule has 166 valence electrons. The number of hydrogen-bond acceptors (Lipinski definition) is 5. The first-order valence-corrected chi connectivity index (χ1v) is 11.8. The van der Waals surface area contributed by atoms with E-state index in [0.717, 1.165) is 5.56 Å². The summed E-state index contributed by atoms with van der Waals surface area (Å²) in [6.45, 7) is 1.31. The molecule has 7 nitrogen and oxygen atoms in total. The highest BCUT2D eigenvalue weighted by molar-refractivity contribution is 7.92. The van der Waals surface area contributed by atoms with E-state index in [1.54, 1.807) is 36.4 Å². The molecule has 0 spiro atoms. The SMILES string of the molecule is O=C(NCCc1cc(Cl)c2c(c1)OCCO2)c1ccc(S(=O)(=O)Nc2ccccc2)cc1. The van der Waals surface area contributed by atoms with E-state index >= 15 is 0 Å². The molecule has 32 heavy (non-hydrogen) atoms. The van der Waals surface area contributed by atoms with Gasteiger partial charge in [-0.3, -0.25) is 9.52 Å². The number of carbonyl (C=O) groups is 1. The summed E-state index contributed by atoms with van der Waals surface area (Å²) in [4.78, 5) is 12.5. The lowest BCUT2D eigenvalue weighted by atomic mass is 10.1. The zero-order chi connectivity index (χ0) is 22.6. The second kappa shape index (κ2) is 9.50. The first kappa shape index (κ1) is 22.0. The van der Waals surface area contributed by atoms with E-state index in [1.165, 1.54) is 24.3 Å². The average Bonchev–Trinajstić information content (AvgIpc) is 2.79. The molecule has 0 saturated heterocycles. The van der Waals surface area contributed by atoms with Crippen LogP contribution < -0.4 is 19.5 Å². The van der Waals surface area contributed by atoms with E-state index in [4.69, 9.17) is 21.1 Å². The van der Waals surface area contributed by atoms with Crippen molar-refractivity contribution in [3.8, 4) is 11.5 Å². The van der Waals surface area contributed by atoms with Gasteiger partial charge in [0.05, 0.1) is 9.92 Å². The normalized spacial score (nSPS) is 12.8. The third-order valence-corrected chi connectivity index (χ3v) is 6.49. The number of benzene rings is 3. The maximum absolute atomic E-state index is 12.5. The molecular weight excluding hydrogens is 452 g/mol. The number of ether oxygens (including phenoxy) is 2. The van der Waals surface area contributed by atoms with Gasteiger partial charge in [-0.25, -0.2) is 8.42 Å². The zero-order valence-electron chi connectivity index (χ0n) is 17.0. The highest BCUT2D eigenvalue weighted by Gasteiger charge is 2.17. The van der Waals surface area contributed by atoms with Crippen LogP contribution in [0.4, 0.5) is 5.69 Å². The van der Waals surface area contributed by atoms with Crippen molar-refractivity contribution in [2.45, 2.75) is 11.3 Å². The van der Waals surface area contributed by atoms with Crippen LogP contribution in [0.2, 0.25) is 5.02 Å². The van der Waals surface area contributed by atoms with Crippen LogP contribution in [0.5, 0.6) is 11.5 Å². The molecule has 3 aromatic carbocycles. The molecule has 0 bridgehead atoms. The van der Waals surface area contributed by atoms with Crippen molar-refractivity contribution >= 4 is 33.2 Å². The minimum atomic E-state index is -3.74. The Kier molecular flexibility index (Phi) is 6.53. The number of hydrogen-bond donors (Lipinski definition) is 2. The Labute approximate surface area is 191 Å². The highest BCUT2D eigenvalue weighted by atomic mass is 35.5. The first-order valence-electron chi connectivity index (χ1n) is 9.96. The van der Waals surface area contributed by atoms with Crippen molar-refractivity contribution in [1.82, 2.24) is 5.32 Å². The minimum Gasteiger partial charge on any atom is -0.486 e. The summed E-state index contributed by atoms with van der Waals surface area (Å²) in [6.07, 6.45) is 0.551. The monoisotopic (exact) mass is 472 g/mol. The topological polar surface area (TPSA) is 93.7 Å². The quantitative estimate of drug-likeness (QED) is 0.544. The molecule has 4 rings (SSSR count). The van der Waals surface area contributed by atoms with Crippen LogP contribution in [0.15, 0.2) is 71.6 Å². The van der Waals surface area contributed by atoms with E-state index in [2.05, 4.69) is 10.0 Å². The van der Waals surface area contributed by atoms with E-state index in [0.29, 0.717) is 54.0 Å². The number of sulfonamides is 1. The summed E-state index contributed by atoms with van der Waals surface area (Å²) in [5.74, 6) is 0.849. The molecular formula is C23H21ClN2O5S. The van der Waals surface area contributed by atoms with Crippen molar-refractivity contribution in [3.63, 3.8) is 0 Å². The van der Waals surface area contributed by atoms with Gasteiger partial charge in [-0.05, 0) is 60.5 Å². The van der Waals surface area contributed by atoms with Crippen LogP contribution in [-0.4, -0.2) is 34.1 Å². The first-order chi connectivity index (χ1) is 15.4. The maximum Gasteiger partial charge on any atom is 0.261 e. The van der Waals surface area contributed by atoms with Crippen LogP contribution >= 0.6 is 11.6 Å². The predicted octanol–water partition coefficient (Wildman–Crippen LogP) is 3.88. The number of anilines is 1. The van der Waals surface area contributed by atoms with Gasteiger partial charge in [-0.2, -0.15) is 0 Å². The number of nitrogens with one attached hydrogen (secondary N) is 2. The van der Waals surface area contributed by atoms with Gasteiger partial charge < -0.3 is 14.8 Å². The second-order valence-corrected chi connectivity index (χ2v) is 9.19. The Bertz CT molecular complexity index is 1220. The molecule has 1 aliphatic rings. The average molecular weight is 473 g/mol. The number of halogens is 1. The summed E-state index contributed by atoms with van der Waals surface area (Å²) in [5.41, 5.74) is 1.74. The molecule has 0 radical (unpaired) electrons. The molecule has 1 amide bonds. The lowest BCUT2D eigenvalue weighted by Crippen LogP contribution is -2.26. The number of fused-ring (bicyclic) bond motifs is 1. The molecule has 0 aliphatic carbocycles. The van der Waals surface area contributed by atoms with Gasteiger partial charge in [0, 0.05) is 17.8 Å². The third-order valence-electron chi connectivity index (χ3n) is 4.81. The summed E-state index contributed by atoms with van der Waals surface area (Å²) < 4.78 is 38.6. The molecule has 0 fully saturated rings. The molecule has 9 heteroatoms. The van der Waals surface area contributed by atoms with Gasteiger partial charge in [0.2, 0.25) is 0 Å². The van der Waals surface area contributed by atoms with Crippen molar-refractivity contribution in [2.24, 2.45) is 0 Å². The van der Waals surface area contributed by atoms with Crippen molar-refractivity contribution in [2.75, 3.05) is 24.5 Å². The summed E-state index contributed by atoms with van der Waals surface area (Å²) >= 11 is 6.24. The zero-order valence-corrected chi connectivity index (χ0v) is 18.6. The van der Waals surface area contributed by atoms with Gasteiger partial charge >= 0.3 is 0 Å². The lowest BCUT2D eigenvalue weighted by Gasteiger charge is -2.20. The standard InChI is InChI=1S/C23H21ClN2O5S/c24-20-14-16(15-21-22(20)31-13-12-30-21)10-11-25-23(27)17-6-8-19(9-7-17)32(28,29)26-18-4-2-1-3-5-18/h1-9,14-15,26H,10-13H2,(H,25,27). The molecule has 0 atom stereocenters. The van der Waals surface area contributed by atoms with Crippen LogP contribution in [0.25, 0.3) is 0 Å². The number of amides is 1. The van der Waals surface area contributed by atoms with Gasteiger partial charge in [-0.1, -0.05) is 29.8 Å². The Morgan fingerprint density at radius 1 is 0.969 bits per heavy atom. The van der Waals surface area contributed by atoms with Crippen LogP contribution in [-0.2, 0) is 16.4 Å². The second-order valence-electron chi connectivity index (χ2n) is 7.10. The molecule has 0 aromatic heterocycles. The fourth-order valence-electron chi connectivity index (χ4n) is 3.24. The largest absolute Gasteiger partial charge is 0.486 e. The summed E-state index contributed by atoms with van der Waals surface area (Å²) in [5, 5.41) is 3.30. The molecule has 3 aromatic rings. The Morgan fingerprint density at radius 2 is 1.69 bits per heavy atom. The van der Waals surface area contributed by atoms with Gasteiger partial charge in [-0.15, -0.1) is 0 Å².